The van der Waals surface area contributed by atoms with E-state index < -0.39 is 15.9 Å². The Balaban J connectivity index is 2.72. The van der Waals surface area contributed by atoms with Gasteiger partial charge in [-0.3, -0.25) is 4.79 Å². The maximum absolute atomic E-state index is 12.0. The van der Waals surface area contributed by atoms with Gasteiger partial charge >= 0.3 is 0 Å². The molecule has 3 N–H and O–H groups in total. The number of nitrogens with one attached hydrogen (secondary N) is 1. The van der Waals surface area contributed by atoms with E-state index in [0.717, 1.165) is 17.5 Å². The van der Waals surface area contributed by atoms with Crippen LogP contribution in [0.15, 0.2) is 18.2 Å². The molecule has 0 bridgehead atoms. The maximum atomic E-state index is 12.0. The highest BCUT2D eigenvalue weighted by Crippen LogP contribution is 2.22. The molecule has 0 aromatic heterocycles. The van der Waals surface area contributed by atoms with Gasteiger partial charge in [0.25, 0.3) is 0 Å². The number of carbonyl (C=O) groups excluding carboxylic acids is 1. The van der Waals surface area contributed by atoms with E-state index in [4.69, 9.17) is 5.73 Å². The first-order valence-electron chi connectivity index (χ1n) is 6.62. The third-order valence-corrected chi connectivity index (χ3v) is 4.07. The summed E-state index contributed by atoms with van der Waals surface area (Å²) < 4.78 is 22.2. The third-order valence-electron chi connectivity index (χ3n) is 3.09. The van der Waals surface area contributed by atoms with Crippen molar-refractivity contribution in [2.24, 2.45) is 5.73 Å². The number of hydrogen-bond donors (Lipinski definition) is 2. The molecule has 0 fully saturated rings. The number of rotatable bonds is 6. The predicted octanol–water partition coefficient (Wildman–Crippen LogP) is 0.762. The Bertz CT molecular complexity index is 612. The van der Waals surface area contributed by atoms with E-state index in [1.165, 1.54) is 0 Å². The van der Waals surface area contributed by atoms with Crippen LogP contribution in [0.1, 0.15) is 12.0 Å². The average molecular weight is 313 g/mol. The Hall–Kier alpha value is -1.60. The maximum Gasteiger partial charge on any atom is 0.241 e. The molecule has 7 heteroatoms. The van der Waals surface area contributed by atoms with Crippen molar-refractivity contribution in [2.45, 2.75) is 19.4 Å². The molecule has 1 unspecified atom stereocenters. The number of hydrogen-bond acceptors (Lipinski definition) is 5. The van der Waals surface area contributed by atoms with Crippen LogP contribution in [-0.2, 0) is 14.6 Å². The summed E-state index contributed by atoms with van der Waals surface area (Å²) in [6.45, 7) is 1.98. The summed E-state index contributed by atoms with van der Waals surface area (Å²) in [6.07, 6.45) is 1.23. The molecule has 0 saturated heterocycles. The molecule has 1 atom stereocenters. The van der Waals surface area contributed by atoms with Gasteiger partial charge in [-0.25, -0.2) is 8.42 Å². The molecular weight excluding hydrogens is 290 g/mol. The van der Waals surface area contributed by atoms with Crippen molar-refractivity contribution >= 4 is 27.1 Å². The molecule has 1 amide bonds. The van der Waals surface area contributed by atoms with Crippen molar-refractivity contribution in [1.29, 1.82) is 0 Å². The smallest absolute Gasteiger partial charge is 0.241 e. The fourth-order valence-electron chi connectivity index (χ4n) is 1.88. The van der Waals surface area contributed by atoms with Crippen LogP contribution in [-0.4, -0.2) is 46.5 Å². The molecule has 0 heterocycles. The number of carbonyl (C=O) groups is 1. The summed E-state index contributed by atoms with van der Waals surface area (Å²) in [7, 11) is 0.729. The zero-order chi connectivity index (χ0) is 16.2. The van der Waals surface area contributed by atoms with E-state index in [1.807, 2.05) is 38.1 Å². The average Bonchev–Trinajstić information content (AvgIpc) is 2.36. The fourth-order valence-corrected chi connectivity index (χ4v) is 2.56. The lowest BCUT2D eigenvalue weighted by Crippen LogP contribution is -2.37. The largest absolute Gasteiger partial charge is 0.377 e. The Labute approximate surface area is 126 Å². The molecule has 0 aliphatic rings. The minimum Gasteiger partial charge on any atom is -0.377 e. The Morgan fingerprint density at radius 2 is 2.00 bits per heavy atom. The van der Waals surface area contributed by atoms with Crippen LogP contribution >= 0.6 is 0 Å². The molecule has 0 aliphatic carbocycles. The molecule has 21 heavy (non-hydrogen) atoms. The second-order valence-corrected chi connectivity index (χ2v) is 7.67. The summed E-state index contributed by atoms with van der Waals surface area (Å²) in [4.78, 5) is 13.9. The standard InChI is InChI=1S/C14H23N3O3S/c1-10-5-6-11(9-13(10)17(2)3)16-14(18)12(15)7-8-21(4,19)20/h5-6,9,12H,7-8,15H2,1-4H3,(H,16,18). The van der Waals surface area contributed by atoms with Gasteiger partial charge in [-0.15, -0.1) is 0 Å². The SMILES string of the molecule is Cc1ccc(NC(=O)C(N)CCS(C)(=O)=O)cc1N(C)C. The normalized spacial score (nSPS) is 12.8. The summed E-state index contributed by atoms with van der Waals surface area (Å²) in [5, 5.41) is 2.72. The van der Waals surface area contributed by atoms with Gasteiger partial charge in [0.2, 0.25) is 5.91 Å². The topological polar surface area (TPSA) is 92.5 Å². The van der Waals surface area contributed by atoms with Crippen molar-refractivity contribution in [3.63, 3.8) is 0 Å². The number of nitrogens with zero attached hydrogens (tertiary/aromatic N) is 1. The molecule has 0 aliphatic heterocycles. The molecule has 0 radical (unpaired) electrons. The van der Waals surface area contributed by atoms with Crippen LogP contribution in [0.3, 0.4) is 0 Å². The van der Waals surface area contributed by atoms with Crippen molar-refractivity contribution in [3.8, 4) is 0 Å². The second-order valence-electron chi connectivity index (χ2n) is 5.41. The summed E-state index contributed by atoms with van der Waals surface area (Å²) >= 11 is 0. The van der Waals surface area contributed by atoms with Gasteiger partial charge in [0.05, 0.1) is 11.8 Å². The van der Waals surface area contributed by atoms with E-state index in [0.29, 0.717) is 5.69 Å². The number of sulfone groups is 1. The predicted molar refractivity (Wildman–Crippen MR) is 86.4 cm³/mol. The molecule has 1 aromatic carbocycles. The van der Waals surface area contributed by atoms with Crippen molar-refractivity contribution < 1.29 is 13.2 Å². The van der Waals surface area contributed by atoms with Gasteiger partial charge in [-0.05, 0) is 31.0 Å². The lowest BCUT2D eigenvalue weighted by Gasteiger charge is -2.18. The first-order valence-corrected chi connectivity index (χ1v) is 8.68. The van der Waals surface area contributed by atoms with E-state index in [-0.39, 0.29) is 18.1 Å². The lowest BCUT2D eigenvalue weighted by atomic mass is 10.1. The molecule has 0 saturated carbocycles. The van der Waals surface area contributed by atoms with Gasteiger partial charge in [0.15, 0.2) is 0 Å². The van der Waals surface area contributed by atoms with Gasteiger partial charge in [-0.1, -0.05) is 6.07 Å². The highest BCUT2D eigenvalue weighted by atomic mass is 32.2. The Morgan fingerprint density at radius 3 is 2.52 bits per heavy atom. The van der Waals surface area contributed by atoms with E-state index in [9.17, 15) is 13.2 Å². The molecule has 6 nitrogen and oxygen atoms in total. The van der Waals surface area contributed by atoms with Crippen LogP contribution in [0.4, 0.5) is 11.4 Å². The van der Waals surface area contributed by atoms with Gasteiger partial charge in [0, 0.05) is 31.7 Å². The van der Waals surface area contributed by atoms with E-state index in [2.05, 4.69) is 5.32 Å². The van der Waals surface area contributed by atoms with Crippen molar-refractivity contribution in [2.75, 3.05) is 36.3 Å². The summed E-state index contributed by atoms with van der Waals surface area (Å²) in [6, 6.07) is 4.72. The quantitative estimate of drug-likeness (QED) is 0.809. The van der Waals surface area contributed by atoms with E-state index in [1.54, 1.807) is 6.07 Å². The molecular formula is C14H23N3O3S. The summed E-state index contributed by atoms with van der Waals surface area (Å²) in [5.74, 6) is -0.481. The molecule has 118 valence electrons. The Morgan fingerprint density at radius 1 is 1.38 bits per heavy atom. The molecule has 0 spiro atoms. The van der Waals surface area contributed by atoms with Gasteiger partial charge < -0.3 is 16.0 Å². The highest BCUT2D eigenvalue weighted by Gasteiger charge is 2.16. The second kappa shape index (κ2) is 6.91. The Kier molecular flexibility index (Phi) is 5.74. The number of amides is 1. The third kappa shape index (κ3) is 5.73. The number of aryl methyl sites for hydroxylation is 1. The monoisotopic (exact) mass is 313 g/mol. The minimum absolute atomic E-state index is 0.0988. The van der Waals surface area contributed by atoms with Gasteiger partial charge in [-0.2, -0.15) is 0 Å². The first-order chi connectivity index (χ1) is 9.60. The van der Waals surface area contributed by atoms with Crippen LogP contribution in [0, 0.1) is 6.92 Å². The van der Waals surface area contributed by atoms with Crippen LogP contribution in [0.5, 0.6) is 0 Å². The summed E-state index contributed by atoms with van der Waals surface area (Å²) in [5.41, 5.74) is 8.45. The van der Waals surface area contributed by atoms with Crippen LogP contribution < -0.4 is 16.0 Å². The van der Waals surface area contributed by atoms with Crippen LogP contribution in [0.25, 0.3) is 0 Å². The molecule has 1 aromatic rings. The number of anilines is 2. The van der Waals surface area contributed by atoms with E-state index >= 15 is 0 Å². The fraction of sp³-hybridized carbons (Fsp3) is 0.500. The lowest BCUT2D eigenvalue weighted by molar-refractivity contribution is -0.117. The molecule has 1 rings (SSSR count). The highest BCUT2D eigenvalue weighted by molar-refractivity contribution is 7.90. The van der Waals surface area contributed by atoms with Crippen molar-refractivity contribution in [1.82, 2.24) is 0 Å². The van der Waals surface area contributed by atoms with Crippen molar-refractivity contribution in [3.05, 3.63) is 23.8 Å². The van der Waals surface area contributed by atoms with Crippen LogP contribution in [0.2, 0.25) is 0 Å². The first kappa shape index (κ1) is 17.5. The number of nitrogens with two attached hydrogens (primary N) is 1. The zero-order valence-electron chi connectivity index (χ0n) is 12.9. The van der Waals surface area contributed by atoms with Gasteiger partial charge in [0.1, 0.15) is 9.84 Å². The minimum atomic E-state index is -3.12. The number of benzene rings is 1. The zero-order valence-corrected chi connectivity index (χ0v) is 13.7.